The molecule has 11 heavy (non-hydrogen) atoms. The average molecular weight is 154 g/mol. The van der Waals surface area contributed by atoms with E-state index in [2.05, 4.69) is 20.0 Å². The number of rotatable bonds is 1. The highest BCUT2D eigenvalue weighted by Crippen LogP contribution is 2.22. The van der Waals surface area contributed by atoms with Gasteiger partial charge in [0.25, 0.3) is 0 Å². The van der Waals surface area contributed by atoms with E-state index in [1.54, 1.807) is 4.90 Å². The molecule has 2 atom stereocenters. The van der Waals surface area contributed by atoms with Crippen LogP contribution >= 0.6 is 0 Å². The predicted molar refractivity (Wildman–Crippen MR) is 41.6 cm³/mol. The molecule has 0 amide bonds. The van der Waals surface area contributed by atoms with Crippen molar-refractivity contribution >= 4 is 0 Å². The Kier molecular flexibility index (Phi) is 2.35. The number of aliphatic hydroxyl groups is 1. The molecule has 0 aromatic carbocycles. The van der Waals surface area contributed by atoms with Gasteiger partial charge in [0.05, 0.1) is 12.6 Å². The highest BCUT2D eigenvalue weighted by molar-refractivity contribution is 4.93. The number of nitrogens with zero attached hydrogens (tertiary/aromatic N) is 2. The Morgan fingerprint density at radius 2 is 2.27 bits per heavy atom. The summed E-state index contributed by atoms with van der Waals surface area (Å²) in [6.07, 6.45) is 2.54. The zero-order valence-electron chi connectivity index (χ0n) is 6.99. The van der Waals surface area contributed by atoms with Gasteiger partial charge in [-0.1, -0.05) is 13.8 Å². The van der Waals surface area contributed by atoms with Crippen molar-refractivity contribution in [2.45, 2.75) is 32.4 Å². The van der Waals surface area contributed by atoms with Crippen LogP contribution in [0, 0.1) is 17.4 Å². The first-order valence-electron chi connectivity index (χ1n) is 3.99. The molecule has 3 nitrogen and oxygen atoms in total. The van der Waals surface area contributed by atoms with Gasteiger partial charge in [-0.05, 0) is 12.3 Å². The van der Waals surface area contributed by atoms with E-state index < -0.39 is 0 Å². The summed E-state index contributed by atoms with van der Waals surface area (Å²) < 4.78 is 0. The molecular weight excluding hydrogens is 140 g/mol. The molecule has 3 heteroatoms. The maximum Gasteiger partial charge on any atom is 0.179 e. The molecule has 1 saturated heterocycles. The van der Waals surface area contributed by atoms with Crippen molar-refractivity contribution in [3.63, 3.8) is 0 Å². The number of hydrogen-bond acceptors (Lipinski definition) is 3. The fourth-order valence-corrected chi connectivity index (χ4v) is 1.59. The maximum absolute atomic E-state index is 9.26. The lowest BCUT2D eigenvalue weighted by Gasteiger charge is -2.20. The van der Waals surface area contributed by atoms with Crippen LogP contribution in [0.2, 0.25) is 0 Å². The highest BCUT2D eigenvalue weighted by Gasteiger charge is 2.31. The number of β-amino-alcohol motifs (C(OH)–C–C–N with tert-alkyl or cyclic N) is 1. The van der Waals surface area contributed by atoms with E-state index in [1.165, 1.54) is 0 Å². The lowest BCUT2D eigenvalue weighted by atomic mass is 10.0. The topological polar surface area (TPSA) is 47.3 Å². The molecule has 1 aliphatic heterocycles. The van der Waals surface area contributed by atoms with Gasteiger partial charge in [0.2, 0.25) is 0 Å². The van der Waals surface area contributed by atoms with Crippen LogP contribution in [0.25, 0.3) is 0 Å². The van der Waals surface area contributed by atoms with Crippen LogP contribution < -0.4 is 0 Å². The van der Waals surface area contributed by atoms with E-state index >= 15 is 0 Å². The first-order chi connectivity index (χ1) is 5.15. The van der Waals surface area contributed by atoms with Crippen LogP contribution in [-0.2, 0) is 0 Å². The molecule has 62 valence electrons. The Balaban J connectivity index is 2.59. The smallest absolute Gasteiger partial charge is 0.179 e. The molecule has 1 aliphatic rings. The van der Waals surface area contributed by atoms with Crippen molar-refractivity contribution in [1.29, 1.82) is 5.26 Å². The van der Waals surface area contributed by atoms with Crippen LogP contribution in [0.15, 0.2) is 0 Å². The summed E-state index contributed by atoms with van der Waals surface area (Å²) in [7, 11) is 0. The largest absolute Gasteiger partial charge is 0.391 e. The van der Waals surface area contributed by atoms with Crippen molar-refractivity contribution in [2.75, 3.05) is 6.54 Å². The molecule has 1 heterocycles. The summed E-state index contributed by atoms with van der Waals surface area (Å²) in [5, 5.41) is 17.9. The Hall–Kier alpha value is -0.750. The standard InChI is InChI=1S/C8H14N2O/c1-6(2)8-3-7(11)4-10(8)5-9/h6-8,11H,3-4H2,1-2H3/t7-,8?/m0/s1. The van der Waals surface area contributed by atoms with E-state index in [-0.39, 0.29) is 12.1 Å². The number of likely N-dealkylation sites (tertiary alicyclic amines) is 1. The van der Waals surface area contributed by atoms with Crippen LogP contribution in [0.1, 0.15) is 20.3 Å². The normalized spacial score (nSPS) is 31.0. The third kappa shape index (κ3) is 1.63. The first kappa shape index (κ1) is 8.35. The van der Waals surface area contributed by atoms with Crippen LogP contribution in [-0.4, -0.2) is 28.7 Å². The monoisotopic (exact) mass is 154 g/mol. The van der Waals surface area contributed by atoms with Crippen molar-refractivity contribution in [2.24, 2.45) is 5.92 Å². The third-order valence-electron chi connectivity index (χ3n) is 2.22. The summed E-state index contributed by atoms with van der Waals surface area (Å²) in [5.74, 6) is 0.451. The average Bonchev–Trinajstić information content (AvgIpc) is 2.30. The molecule has 1 unspecified atom stereocenters. The van der Waals surface area contributed by atoms with Crippen LogP contribution in [0.5, 0.6) is 0 Å². The first-order valence-corrected chi connectivity index (χ1v) is 3.99. The summed E-state index contributed by atoms with van der Waals surface area (Å²) in [6, 6.07) is 0.245. The number of nitriles is 1. The van der Waals surface area contributed by atoms with Crippen molar-refractivity contribution < 1.29 is 5.11 Å². The molecule has 1 N–H and O–H groups in total. The van der Waals surface area contributed by atoms with E-state index in [1.807, 2.05) is 0 Å². The van der Waals surface area contributed by atoms with Gasteiger partial charge in [-0.3, -0.25) is 0 Å². The third-order valence-corrected chi connectivity index (χ3v) is 2.22. The fourth-order valence-electron chi connectivity index (χ4n) is 1.59. The minimum absolute atomic E-state index is 0.245. The number of hydrogen-bond donors (Lipinski definition) is 1. The highest BCUT2D eigenvalue weighted by atomic mass is 16.3. The minimum atomic E-state index is -0.304. The Morgan fingerprint density at radius 3 is 2.64 bits per heavy atom. The maximum atomic E-state index is 9.26. The Labute approximate surface area is 67.2 Å². The molecule has 1 fully saturated rings. The molecule has 0 spiro atoms. The second-order valence-corrected chi connectivity index (χ2v) is 3.45. The van der Waals surface area contributed by atoms with Gasteiger partial charge >= 0.3 is 0 Å². The van der Waals surface area contributed by atoms with Gasteiger partial charge in [-0.15, -0.1) is 0 Å². The fraction of sp³-hybridized carbons (Fsp3) is 0.875. The van der Waals surface area contributed by atoms with Gasteiger partial charge in [0, 0.05) is 6.04 Å². The Bertz CT molecular complexity index is 173. The van der Waals surface area contributed by atoms with Gasteiger partial charge in [-0.2, -0.15) is 5.26 Å². The molecular formula is C8H14N2O. The van der Waals surface area contributed by atoms with E-state index in [0.29, 0.717) is 12.5 Å². The van der Waals surface area contributed by atoms with Gasteiger partial charge < -0.3 is 10.0 Å². The Morgan fingerprint density at radius 1 is 1.64 bits per heavy atom. The summed E-state index contributed by atoms with van der Waals surface area (Å²) in [5.41, 5.74) is 0. The zero-order chi connectivity index (χ0) is 8.43. The van der Waals surface area contributed by atoms with Crippen molar-refractivity contribution in [3.05, 3.63) is 0 Å². The molecule has 0 bridgehead atoms. The van der Waals surface area contributed by atoms with Crippen molar-refractivity contribution in [3.8, 4) is 6.19 Å². The molecule has 0 aliphatic carbocycles. The minimum Gasteiger partial charge on any atom is -0.391 e. The summed E-state index contributed by atoms with van der Waals surface area (Å²) in [6.45, 7) is 4.67. The second-order valence-electron chi connectivity index (χ2n) is 3.45. The van der Waals surface area contributed by atoms with Crippen LogP contribution in [0.3, 0.4) is 0 Å². The molecule has 1 rings (SSSR count). The van der Waals surface area contributed by atoms with Crippen LogP contribution in [0.4, 0.5) is 0 Å². The van der Waals surface area contributed by atoms with Gasteiger partial charge in [0.1, 0.15) is 0 Å². The SMILES string of the molecule is CC(C)C1C[C@H](O)CN1C#N. The summed E-state index contributed by atoms with van der Waals surface area (Å²) in [4.78, 5) is 1.68. The molecule has 0 aromatic heterocycles. The predicted octanol–water partition coefficient (Wildman–Crippen LogP) is 0.559. The quantitative estimate of drug-likeness (QED) is 0.561. The van der Waals surface area contributed by atoms with E-state index in [9.17, 15) is 5.11 Å². The van der Waals surface area contributed by atoms with Gasteiger partial charge in [0.15, 0.2) is 6.19 Å². The van der Waals surface area contributed by atoms with Gasteiger partial charge in [-0.25, -0.2) is 0 Å². The molecule has 0 saturated carbocycles. The van der Waals surface area contributed by atoms with Crippen molar-refractivity contribution in [1.82, 2.24) is 4.90 Å². The zero-order valence-corrected chi connectivity index (χ0v) is 6.99. The molecule has 0 aromatic rings. The van der Waals surface area contributed by atoms with E-state index in [0.717, 1.165) is 6.42 Å². The second kappa shape index (κ2) is 3.10. The summed E-state index contributed by atoms with van der Waals surface area (Å²) >= 11 is 0. The number of aliphatic hydroxyl groups excluding tert-OH is 1. The lowest BCUT2D eigenvalue weighted by molar-refractivity contribution is 0.186. The lowest BCUT2D eigenvalue weighted by Crippen LogP contribution is -2.29. The van der Waals surface area contributed by atoms with E-state index in [4.69, 9.17) is 5.26 Å². The molecule has 0 radical (unpaired) electrons.